The second-order valence-electron chi connectivity index (χ2n) is 3.97. The summed E-state index contributed by atoms with van der Waals surface area (Å²) in [5.41, 5.74) is 0. The van der Waals surface area contributed by atoms with Gasteiger partial charge in [-0.2, -0.15) is 0 Å². The first-order chi connectivity index (χ1) is 9.12. The lowest BCUT2D eigenvalue weighted by Crippen LogP contribution is -2.48. The van der Waals surface area contributed by atoms with Gasteiger partial charge in [0.05, 0.1) is 25.6 Å². The molecule has 2 heterocycles. The second-order valence-corrected chi connectivity index (χ2v) is 5.63. The van der Waals surface area contributed by atoms with Gasteiger partial charge >= 0.3 is 0 Å². The summed E-state index contributed by atoms with van der Waals surface area (Å²) in [7, 11) is -3.62. The standard InChI is InChI=1S/C10H17N5O3S/c1-2-11-10-12-7-9(8-13-10)19(16,17)14-15-3-5-18-6-4-15/h7-8,14H,2-6H2,1H3,(H,11,12,13). The number of hydrogen-bond donors (Lipinski definition) is 2. The fourth-order valence-electron chi connectivity index (χ4n) is 1.58. The van der Waals surface area contributed by atoms with Crippen LogP contribution in [0.4, 0.5) is 5.95 Å². The van der Waals surface area contributed by atoms with Crippen molar-refractivity contribution in [2.75, 3.05) is 38.2 Å². The number of nitrogens with zero attached hydrogens (tertiary/aromatic N) is 3. The van der Waals surface area contributed by atoms with E-state index in [0.29, 0.717) is 38.8 Å². The summed E-state index contributed by atoms with van der Waals surface area (Å²) >= 11 is 0. The van der Waals surface area contributed by atoms with Crippen LogP contribution in [0.2, 0.25) is 0 Å². The van der Waals surface area contributed by atoms with Crippen LogP contribution in [0.5, 0.6) is 0 Å². The van der Waals surface area contributed by atoms with Crippen LogP contribution in [-0.2, 0) is 14.8 Å². The minimum Gasteiger partial charge on any atom is -0.379 e. The number of sulfonamides is 1. The Morgan fingerprint density at radius 3 is 2.53 bits per heavy atom. The van der Waals surface area contributed by atoms with Crippen LogP contribution in [0, 0.1) is 0 Å². The van der Waals surface area contributed by atoms with Gasteiger partial charge in [0.1, 0.15) is 4.90 Å². The third kappa shape index (κ3) is 3.83. The van der Waals surface area contributed by atoms with E-state index in [-0.39, 0.29) is 4.90 Å². The minimum absolute atomic E-state index is 0.0423. The first-order valence-electron chi connectivity index (χ1n) is 6.03. The number of aromatic nitrogens is 2. The molecule has 0 radical (unpaired) electrons. The summed E-state index contributed by atoms with van der Waals surface area (Å²) in [4.78, 5) is 10.4. The number of morpholine rings is 1. The molecule has 0 atom stereocenters. The van der Waals surface area contributed by atoms with Crippen molar-refractivity contribution in [3.63, 3.8) is 0 Å². The van der Waals surface area contributed by atoms with E-state index >= 15 is 0 Å². The topological polar surface area (TPSA) is 96.5 Å². The molecule has 1 aliphatic rings. The smallest absolute Gasteiger partial charge is 0.256 e. The van der Waals surface area contributed by atoms with Crippen molar-refractivity contribution in [2.24, 2.45) is 0 Å². The van der Waals surface area contributed by atoms with E-state index in [1.54, 1.807) is 5.01 Å². The van der Waals surface area contributed by atoms with Crippen LogP contribution in [0.25, 0.3) is 0 Å². The Morgan fingerprint density at radius 1 is 1.32 bits per heavy atom. The molecule has 1 aromatic rings. The van der Waals surface area contributed by atoms with Crippen molar-refractivity contribution in [1.29, 1.82) is 0 Å². The number of anilines is 1. The van der Waals surface area contributed by atoms with Gasteiger partial charge in [-0.25, -0.2) is 23.4 Å². The SMILES string of the molecule is CCNc1ncc(S(=O)(=O)NN2CCOCC2)cn1. The van der Waals surface area contributed by atoms with E-state index in [0.717, 1.165) is 0 Å². The third-order valence-corrected chi connectivity index (χ3v) is 3.86. The van der Waals surface area contributed by atoms with E-state index in [1.165, 1.54) is 12.4 Å². The average molecular weight is 287 g/mol. The Bertz CT molecular complexity index is 498. The van der Waals surface area contributed by atoms with Gasteiger partial charge in [0.2, 0.25) is 5.95 Å². The summed E-state index contributed by atoms with van der Waals surface area (Å²) < 4.78 is 29.3. The number of rotatable bonds is 5. The summed E-state index contributed by atoms with van der Waals surface area (Å²) in [6.07, 6.45) is 2.57. The Morgan fingerprint density at radius 2 is 1.95 bits per heavy atom. The van der Waals surface area contributed by atoms with Gasteiger partial charge in [0.15, 0.2) is 0 Å². The van der Waals surface area contributed by atoms with Crippen molar-refractivity contribution in [1.82, 2.24) is 19.8 Å². The normalized spacial score (nSPS) is 17.3. The molecular formula is C10H17N5O3S. The molecule has 106 valence electrons. The lowest BCUT2D eigenvalue weighted by atomic mass is 10.5. The predicted octanol–water partition coefficient (Wildman–Crippen LogP) is -0.566. The third-order valence-electron chi connectivity index (χ3n) is 2.53. The van der Waals surface area contributed by atoms with Gasteiger partial charge in [-0.1, -0.05) is 0 Å². The molecule has 0 aliphatic carbocycles. The van der Waals surface area contributed by atoms with E-state index in [9.17, 15) is 8.42 Å². The quantitative estimate of drug-likeness (QED) is 0.749. The highest BCUT2D eigenvalue weighted by molar-refractivity contribution is 7.89. The molecule has 2 rings (SSSR count). The second kappa shape index (κ2) is 6.24. The lowest BCUT2D eigenvalue weighted by Gasteiger charge is -2.26. The fraction of sp³-hybridized carbons (Fsp3) is 0.600. The first kappa shape index (κ1) is 14.1. The highest BCUT2D eigenvalue weighted by Gasteiger charge is 2.20. The van der Waals surface area contributed by atoms with E-state index in [4.69, 9.17) is 4.74 Å². The Labute approximate surface area is 112 Å². The predicted molar refractivity (Wildman–Crippen MR) is 68.9 cm³/mol. The van der Waals surface area contributed by atoms with Crippen molar-refractivity contribution in [3.8, 4) is 0 Å². The zero-order valence-corrected chi connectivity index (χ0v) is 11.5. The summed E-state index contributed by atoms with van der Waals surface area (Å²) in [6.45, 7) is 4.66. The van der Waals surface area contributed by atoms with Gasteiger partial charge < -0.3 is 10.1 Å². The van der Waals surface area contributed by atoms with Crippen molar-refractivity contribution in [3.05, 3.63) is 12.4 Å². The van der Waals surface area contributed by atoms with Gasteiger partial charge in [-0.05, 0) is 6.92 Å². The van der Waals surface area contributed by atoms with Gasteiger partial charge in [0, 0.05) is 19.6 Å². The van der Waals surface area contributed by atoms with Crippen LogP contribution in [0.3, 0.4) is 0 Å². The molecule has 1 saturated heterocycles. The molecule has 1 aromatic heterocycles. The Kier molecular flexibility index (Phi) is 4.64. The monoisotopic (exact) mass is 287 g/mol. The van der Waals surface area contributed by atoms with E-state index < -0.39 is 10.0 Å². The molecule has 1 fully saturated rings. The molecule has 0 bridgehead atoms. The maximum Gasteiger partial charge on any atom is 0.256 e. The molecule has 0 amide bonds. The Balaban J connectivity index is 2.05. The molecule has 0 unspecified atom stereocenters. The number of ether oxygens (including phenoxy) is 1. The maximum atomic E-state index is 12.1. The van der Waals surface area contributed by atoms with Gasteiger partial charge in [0.25, 0.3) is 10.0 Å². The highest BCUT2D eigenvalue weighted by Crippen LogP contribution is 2.08. The summed E-state index contributed by atoms with van der Waals surface area (Å²) in [5.74, 6) is 0.410. The summed E-state index contributed by atoms with van der Waals surface area (Å²) in [5, 5.41) is 4.51. The number of nitrogens with one attached hydrogen (secondary N) is 2. The summed E-state index contributed by atoms with van der Waals surface area (Å²) in [6, 6.07) is 0. The van der Waals surface area contributed by atoms with Crippen LogP contribution < -0.4 is 10.1 Å². The van der Waals surface area contributed by atoms with Crippen molar-refractivity contribution >= 4 is 16.0 Å². The lowest BCUT2D eigenvalue weighted by molar-refractivity contribution is 0.0272. The molecule has 0 spiro atoms. The van der Waals surface area contributed by atoms with Crippen molar-refractivity contribution < 1.29 is 13.2 Å². The van der Waals surface area contributed by atoms with Crippen LogP contribution in [0.1, 0.15) is 6.92 Å². The van der Waals surface area contributed by atoms with Gasteiger partial charge in [-0.3, -0.25) is 0 Å². The average Bonchev–Trinajstić information content (AvgIpc) is 2.40. The molecule has 9 heteroatoms. The van der Waals surface area contributed by atoms with Crippen LogP contribution >= 0.6 is 0 Å². The fourth-order valence-corrected chi connectivity index (χ4v) is 2.59. The van der Waals surface area contributed by atoms with Crippen molar-refractivity contribution in [2.45, 2.75) is 11.8 Å². The number of hydrazine groups is 1. The molecule has 0 aromatic carbocycles. The molecule has 2 N–H and O–H groups in total. The largest absolute Gasteiger partial charge is 0.379 e. The molecule has 0 saturated carbocycles. The zero-order chi connectivity index (χ0) is 13.7. The maximum absolute atomic E-state index is 12.1. The highest BCUT2D eigenvalue weighted by atomic mass is 32.2. The van der Waals surface area contributed by atoms with Gasteiger partial charge in [-0.15, -0.1) is 4.83 Å². The zero-order valence-electron chi connectivity index (χ0n) is 10.7. The Hall–Kier alpha value is -1.29. The molecule has 19 heavy (non-hydrogen) atoms. The van der Waals surface area contributed by atoms with E-state index in [2.05, 4.69) is 20.1 Å². The first-order valence-corrected chi connectivity index (χ1v) is 7.51. The molecule has 8 nitrogen and oxygen atoms in total. The minimum atomic E-state index is -3.62. The van der Waals surface area contributed by atoms with Crippen LogP contribution in [-0.4, -0.2) is 56.2 Å². The van der Waals surface area contributed by atoms with E-state index in [1.807, 2.05) is 6.92 Å². The van der Waals surface area contributed by atoms with Crippen LogP contribution in [0.15, 0.2) is 17.3 Å². The molecular weight excluding hydrogens is 270 g/mol. The number of hydrogen-bond acceptors (Lipinski definition) is 7. The molecule has 1 aliphatic heterocycles.